The van der Waals surface area contributed by atoms with Crippen LogP contribution < -0.4 is 5.73 Å². The van der Waals surface area contributed by atoms with Gasteiger partial charge in [0.2, 0.25) is 0 Å². The van der Waals surface area contributed by atoms with Gasteiger partial charge in [-0.1, -0.05) is 37.2 Å². The van der Waals surface area contributed by atoms with Crippen molar-refractivity contribution in [3.63, 3.8) is 0 Å². The molecule has 1 aromatic rings. The van der Waals surface area contributed by atoms with Gasteiger partial charge < -0.3 is 10.9 Å². The van der Waals surface area contributed by atoms with Crippen molar-refractivity contribution in [2.45, 2.75) is 33.2 Å². The fourth-order valence-electron chi connectivity index (χ4n) is 2.46. The third-order valence-electron chi connectivity index (χ3n) is 3.95. The number of piperidine rings is 1. The summed E-state index contributed by atoms with van der Waals surface area (Å²) in [6.07, 6.45) is 2.49. The lowest BCUT2D eigenvalue weighted by atomic mass is 9.82. The molecule has 1 saturated heterocycles. The number of nitrogens with zero attached hydrogens (tertiary/aromatic N) is 2. The molecule has 0 amide bonds. The Labute approximate surface area is 114 Å². The fourth-order valence-corrected chi connectivity index (χ4v) is 2.46. The van der Waals surface area contributed by atoms with E-state index in [1.807, 2.05) is 18.2 Å². The van der Waals surface area contributed by atoms with Crippen molar-refractivity contribution in [3.05, 3.63) is 35.4 Å². The minimum absolute atomic E-state index is 0.168. The van der Waals surface area contributed by atoms with E-state index in [1.54, 1.807) is 0 Å². The third kappa shape index (κ3) is 3.70. The highest BCUT2D eigenvalue weighted by Gasteiger charge is 2.25. The Kier molecular flexibility index (Phi) is 4.10. The molecule has 1 heterocycles. The standard InChI is InChI=1S/C15H23N3O/c1-15(2)6-8-18(9-7-15)11-12-4-3-5-13(10-12)14(16)17-19/h3-5,10,19H,6-9,11H2,1-2H3,(H2,16,17). The van der Waals surface area contributed by atoms with E-state index in [0.717, 1.165) is 25.2 Å². The van der Waals surface area contributed by atoms with Crippen LogP contribution in [0.15, 0.2) is 29.4 Å². The molecule has 3 N–H and O–H groups in total. The van der Waals surface area contributed by atoms with Gasteiger partial charge in [0.05, 0.1) is 0 Å². The first-order chi connectivity index (χ1) is 9.00. The number of amidine groups is 1. The Bertz CT molecular complexity index is 458. The van der Waals surface area contributed by atoms with E-state index in [9.17, 15) is 0 Å². The van der Waals surface area contributed by atoms with Gasteiger partial charge in [0.25, 0.3) is 0 Å². The summed E-state index contributed by atoms with van der Waals surface area (Å²) in [6, 6.07) is 7.90. The fraction of sp³-hybridized carbons (Fsp3) is 0.533. The Hall–Kier alpha value is -1.55. The summed E-state index contributed by atoms with van der Waals surface area (Å²) in [7, 11) is 0. The van der Waals surface area contributed by atoms with Crippen LogP contribution in [0.4, 0.5) is 0 Å². The average Bonchev–Trinajstić information content (AvgIpc) is 2.41. The molecule has 0 radical (unpaired) electrons. The lowest BCUT2D eigenvalue weighted by Crippen LogP contribution is -2.36. The second-order valence-electron chi connectivity index (χ2n) is 6.13. The zero-order valence-corrected chi connectivity index (χ0v) is 11.8. The number of nitrogens with two attached hydrogens (primary N) is 1. The molecule has 1 aliphatic rings. The topological polar surface area (TPSA) is 61.8 Å². The van der Waals surface area contributed by atoms with Crippen LogP contribution in [0.3, 0.4) is 0 Å². The minimum Gasteiger partial charge on any atom is -0.409 e. The zero-order valence-electron chi connectivity index (χ0n) is 11.8. The Morgan fingerprint density at radius 3 is 2.68 bits per heavy atom. The van der Waals surface area contributed by atoms with E-state index >= 15 is 0 Å². The van der Waals surface area contributed by atoms with E-state index < -0.39 is 0 Å². The first kappa shape index (κ1) is 13.9. The molecule has 4 heteroatoms. The molecule has 0 bridgehead atoms. The lowest BCUT2D eigenvalue weighted by molar-refractivity contribution is 0.127. The van der Waals surface area contributed by atoms with Gasteiger partial charge in [-0.3, -0.25) is 4.90 Å². The quantitative estimate of drug-likeness (QED) is 0.380. The van der Waals surface area contributed by atoms with Gasteiger partial charge >= 0.3 is 0 Å². The van der Waals surface area contributed by atoms with Crippen molar-refractivity contribution < 1.29 is 5.21 Å². The van der Waals surface area contributed by atoms with Crippen molar-refractivity contribution in [2.24, 2.45) is 16.3 Å². The van der Waals surface area contributed by atoms with Gasteiger partial charge in [-0.15, -0.1) is 0 Å². The second-order valence-corrected chi connectivity index (χ2v) is 6.13. The predicted molar refractivity (Wildman–Crippen MR) is 77.2 cm³/mol. The van der Waals surface area contributed by atoms with Gasteiger partial charge in [-0.25, -0.2) is 0 Å². The Morgan fingerprint density at radius 1 is 1.37 bits per heavy atom. The van der Waals surface area contributed by atoms with Crippen molar-refractivity contribution in [1.82, 2.24) is 4.90 Å². The highest BCUT2D eigenvalue weighted by molar-refractivity contribution is 5.97. The summed E-state index contributed by atoms with van der Waals surface area (Å²) in [5.41, 5.74) is 8.08. The van der Waals surface area contributed by atoms with E-state index in [2.05, 4.69) is 30.0 Å². The monoisotopic (exact) mass is 261 g/mol. The summed E-state index contributed by atoms with van der Waals surface area (Å²) >= 11 is 0. The third-order valence-corrected chi connectivity index (χ3v) is 3.95. The number of benzene rings is 1. The van der Waals surface area contributed by atoms with Crippen LogP contribution in [-0.2, 0) is 6.54 Å². The SMILES string of the molecule is CC1(C)CCN(Cc2cccc(C(N)=NO)c2)CC1. The Balaban J connectivity index is 2.00. The van der Waals surface area contributed by atoms with Gasteiger partial charge in [0, 0.05) is 12.1 Å². The van der Waals surface area contributed by atoms with Crippen LogP contribution in [0, 0.1) is 5.41 Å². The van der Waals surface area contributed by atoms with E-state index in [-0.39, 0.29) is 5.84 Å². The number of rotatable bonds is 3. The largest absolute Gasteiger partial charge is 0.409 e. The maximum absolute atomic E-state index is 8.71. The molecule has 0 unspecified atom stereocenters. The summed E-state index contributed by atoms with van der Waals surface area (Å²) < 4.78 is 0. The molecule has 0 atom stereocenters. The first-order valence-electron chi connectivity index (χ1n) is 6.79. The summed E-state index contributed by atoms with van der Waals surface area (Å²) in [6.45, 7) is 7.89. The number of hydrogen-bond acceptors (Lipinski definition) is 3. The maximum Gasteiger partial charge on any atom is 0.170 e. The van der Waals surface area contributed by atoms with Gasteiger partial charge in [0.1, 0.15) is 0 Å². The number of likely N-dealkylation sites (tertiary alicyclic amines) is 1. The first-order valence-corrected chi connectivity index (χ1v) is 6.79. The van der Waals surface area contributed by atoms with Gasteiger partial charge in [-0.2, -0.15) is 0 Å². The second kappa shape index (κ2) is 5.61. The van der Waals surface area contributed by atoms with Gasteiger partial charge in [0.15, 0.2) is 5.84 Å². The van der Waals surface area contributed by atoms with Crippen molar-refractivity contribution >= 4 is 5.84 Å². The van der Waals surface area contributed by atoms with Crippen LogP contribution in [0.1, 0.15) is 37.8 Å². The highest BCUT2D eigenvalue weighted by atomic mass is 16.4. The molecule has 0 saturated carbocycles. The highest BCUT2D eigenvalue weighted by Crippen LogP contribution is 2.30. The molecule has 0 aliphatic carbocycles. The molecular weight excluding hydrogens is 238 g/mol. The number of hydrogen-bond donors (Lipinski definition) is 2. The van der Waals surface area contributed by atoms with E-state index in [1.165, 1.54) is 18.4 Å². The molecule has 0 aromatic heterocycles. The van der Waals surface area contributed by atoms with Crippen LogP contribution in [-0.4, -0.2) is 29.0 Å². The van der Waals surface area contributed by atoms with Crippen molar-refractivity contribution in [3.8, 4) is 0 Å². The normalized spacial score (nSPS) is 20.4. The molecule has 2 rings (SSSR count). The molecule has 104 valence electrons. The molecule has 1 aromatic carbocycles. The summed E-state index contributed by atoms with van der Waals surface area (Å²) in [4.78, 5) is 2.47. The predicted octanol–water partition coefficient (Wildman–Crippen LogP) is 2.40. The van der Waals surface area contributed by atoms with Crippen molar-refractivity contribution in [2.75, 3.05) is 13.1 Å². The molecule has 4 nitrogen and oxygen atoms in total. The van der Waals surface area contributed by atoms with Crippen LogP contribution >= 0.6 is 0 Å². The Morgan fingerprint density at radius 2 is 2.05 bits per heavy atom. The minimum atomic E-state index is 0.168. The van der Waals surface area contributed by atoms with Crippen LogP contribution in [0.25, 0.3) is 0 Å². The van der Waals surface area contributed by atoms with E-state index in [0.29, 0.717) is 5.41 Å². The maximum atomic E-state index is 8.71. The summed E-state index contributed by atoms with van der Waals surface area (Å²) in [5, 5.41) is 11.8. The van der Waals surface area contributed by atoms with Crippen LogP contribution in [0.5, 0.6) is 0 Å². The van der Waals surface area contributed by atoms with E-state index in [4.69, 9.17) is 10.9 Å². The smallest absolute Gasteiger partial charge is 0.170 e. The molecule has 0 spiro atoms. The summed E-state index contributed by atoms with van der Waals surface area (Å²) in [5.74, 6) is 0.168. The van der Waals surface area contributed by atoms with Crippen molar-refractivity contribution in [1.29, 1.82) is 0 Å². The molecular formula is C15H23N3O. The molecule has 1 aliphatic heterocycles. The van der Waals surface area contributed by atoms with Gasteiger partial charge in [-0.05, 0) is 43.0 Å². The zero-order chi connectivity index (χ0) is 13.9. The lowest BCUT2D eigenvalue weighted by Gasteiger charge is -2.36. The van der Waals surface area contributed by atoms with Crippen LogP contribution in [0.2, 0.25) is 0 Å². The number of oxime groups is 1. The average molecular weight is 261 g/mol. The molecule has 1 fully saturated rings. The molecule has 19 heavy (non-hydrogen) atoms.